The summed E-state index contributed by atoms with van der Waals surface area (Å²) in [5, 5.41) is 15.1. The Morgan fingerprint density at radius 3 is 2.82 bits per heavy atom. The van der Waals surface area contributed by atoms with Gasteiger partial charge < -0.3 is 15.2 Å². The van der Waals surface area contributed by atoms with Crippen LogP contribution in [0.5, 0.6) is 11.5 Å². The molecule has 0 unspecified atom stereocenters. The van der Waals surface area contributed by atoms with Crippen LogP contribution in [0.1, 0.15) is 48.5 Å². The van der Waals surface area contributed by atoms with Gasteiger partial charge in [-0.25, -0.2) is 0 Å². The fourth-order valence-electron chi connectivity index (χ4n) is 4.03. The lowest BCUT2D eigenvalue weighted by molar-refractivity contribution is -0.122. The van der Waals surface area contributed by atoms with Crippen LogP contribution in [0.15, 0.2) is 45.4 Å². The van der Waals surface area contributed by atoms with Gasteiger partial charge in [-0.1, -0.05) is 6.07 Å². The van der Waals surface area contributed by atoms with Gasteiger partial charge in [-0.2, -0.15) is 0 Å². The molecular weight excluding hydrogens is 442 g/mol. The first kappa shape index (κ1) is 19.2. The third-order valence-corrected chi connectivity index (χ3v) is 6.87. The average molecular weight is 462 g/mol. The minimum absolute atomic E-state index is 0.0211. The van der Waals surface area contributed by atoms with E-state index in [1.54, 1.807) is 23.5 Å². The monoisotopic (exact) mass is 461 g/mol. The molecular formula is C21H20BrNO4S. The smallest absolute Gasteiger partial charge is 0.225 e. The number of phenols is 1. The molecule has 0 fully saturated rings. The second-order valence-electron chi connectivity index (χ2n) is 7.02. The van der Waals surface area contributed by atoms with Gasteiger partial charge in [0.25, 0.3) is 0 Å². The number of hydrogen-bond donors (Lipinski definition) is 2. The van der Waals surface area contributed by atoms with Gasteiger partial charge in [-0.05, 0) is 58.4 Å². The van der Waals surface area contributed by atoms with Crippen molar-refractivity contribution in [3.05, 3.63) is 55.8 Å². The molecule has 1 amide bonds. The molecule has 1 aromatic heterocycles. The van der Waals surface area contributed by atoms with Crippen molar-refractivity contribution in [3.63, 3.8) is 0 Å². The summed E-state index contributed by atoms with van der Waals surface area (Å²) in [5.41, 5.74) is 2.21. The van der Waals surface area contributed by atoms with E-state index in [-0.39, 0.29) is 35.7 Å². The Kier molecular flexibility index (Phi) is 5.29. The molecule has 2 aromatic rings. The molecule has 2 N–H and O–H groups in total. The van der Waals surface area contributed by atoms with Gasteiger partial charge in [0, 0.05) is 40.8 Å². The second-order valence-corrected chi connectivity index (χ2v) is 8.86. The van der Waals surface area contributed by atoms with E-state index >= 15 is 0 Å². The summed E-state index contributed by atoms with van der Waals surface area (Å²) >= 11 is 5.00. The van der Waals surface area contributed by atoms with Gasteiger partial charge in [0.05, 0.1) is 11.1 Å². The Morgan fingerprint density at radius 1 is 1.29 bits per heavy atom. The van der Waals surface area contributed by atoms with Crippen LogP contribution in [0, 0.1) is 0 Å². The summed E-state index contributed by atoms with van der Waals surface area (Å²) in [4.78, 5) is 26.7. The maximum Gasteiger partial charge on any atom is 0.225 e. The number of aromatic hydroxyl groups is 1. The number of ether oxygens (including phenoxy) is 1. The minimum Gasteiger partial charge on any atom is -0.503 e. The topological polar surface area (TPSA) is 75.6 Å². The van der Waals surface area contributed by atoms with Crippen LogP contribution in [0.3, 0.4) is 0 Å². The zero-order valence-corrected chi connectivity index (χ0v) is 17.7. The quantitative estimate of drug-likeness (QED) is 0.696. The fraction of sp³-hybridized carbons (Fsp3) is 0.333. The minimum atomic E-state index is -0.336. The van der Waals surface area contributed by atoms with Gasteiger partial charge in [0.2, 0.25) is 5.91 Å². The number of benzene rings is 1. The van der Waals surface area contributed by atoms with Gasteiger partial charge in [0.1, 0.15) is 0 Å². The predicted octanol–water partition coefficient (Wildman–Crippen LogP) is 4.62. The molecule has 1 aliphatic heterocycles. The standard InChI is InChI=1S/C21H20BrNO4S/c1-2-27-17-9-11(6-14(22)21(17)26)13-10-19(25)23-15-7-12(8-16(24)20(13)15)18-4-3-5-28-18/h3-6,9,12-13,26H,2,7-8,10H2,1H3,(H,23,25)/t12-,13+/m1/s1. The van der Waals surface area contributed by atoms with E-state index in [0.29, 0.717) is 35.2 Å². The van der Waals surface area contributed by atoms with E-state index in [1.165, 1.54) is 4.88 Å². The largest absolute Gasteiger partial charge is 0.503 e. The summed E-state index contributed by atoms with van der Waals surface area (Å²) in [6.07, 6.45) is 1.31. The first-order valence-electron chi connectivity index (χ1n) is 9.22. The molecule has 4 rings (SSSR count). The highest BCUT2D eigenvalue weighted by atomic mass is 79.9. The highest BCUT2D eigenvalue weighted by molar-refractivity contribution is 9.10. The van der Waals surface area contributed by atoms with E-state index in [4.69, 9.17) is 4.74 Å². The Hall–Kier alpha value is -2.12. The summed E-state index contributed by atoms with van der Waals surface area (Å²) in [7, 11) is 0. The van der Waals surface area contributed by atoms with Crippen LogP contribution in [0.25, 0.3) is 0 Å². The van der Waals surface area contributed by atoms with E-state index in [1.807, 2.05) is 24.4 Å². The highest BCUT2D eigenvalue weighted by Crippen LogP contribution is 2.46. The number of thiophene rings is 1. The number of ketones is 1. The molecule has 1 aliphatic carbocycles. The molecule has 0 spiro atoms. The summed E-state index contributed by atoms with van der Waals surface area (Å²) in [6.45, 7) is 2.24. The van der Waals surface area contributed by atoms with Crippen LogP contribution >= 0.6 is 27.3 Å². The van der Waals surface area contributed by atoms with Gasteiger partial charge in [-0.15, -0.1) is 11.3 Å². The normalized spacial score (nSPS) is 22.1. The molecule has 0 bridgehead atoms. The Balaban J connectivity index is 1.75. The van der Waals surface area contributed by atoms with Crippen molar-refractivity contribution in [1.82, 2.24) is 5.32 Å². The van der Waals surface area contributed by atoms with Crippen LogP contribution in [-0.4, -0.2) is 23.4 Å². The molecule has 1 aromatic carbocycles. The van der Waals surface area contributed by atoms with Crippen molar-refractivity contribution in [3.8, 4) is 11.5 Å². The number of halogens is 1. The van der Waals surface area contributed by atoms with E-state index in [9.17, 15) is 14.7 Å². The zero-order chi connectivity index (χ0) is 19.8. The first-order valence-corrected chi connectivity index (χ1v) is 10.9. The number of phenolic OH excluding ortho intramolecular Hbond substituents is 1. The second kappa shape index (κ2) is 7.72. The number of rotatable bonds is 4. The third-order valence-electron chi connectivity index (χ3n) is 5.23. The van der Waals surface area contributed by atoms with Gasteiger partial charge in [-0.3, -0.25) is 9.59 Å². The van der Waals surface area contributed by atoms with Crippen LogP contribution < -0.4 is 10.1 Å². The summed E-state index contributed by atoms with van der Waals surface area (Å²) in [5.74, 6) is 0.123. The fourth-order valence-corrected chi connectivity index (χ4v) is 5.32. The van der Waals surface area contributed by atoms with Crippen LogP contribution in [0.4, 0.5) is 0 Å². The number of carbonyl (C=O) groups is 2. The number of allylic oxidation sites excluding steroid dienone is 2. The van der Waals surface area contributed by atoms with Gasteiger partial charge in [0.15, 0.2) is 17.3 Å². The van der Waals surface area contributed by atoms with Crippen molar-refractivity contribution in [1.29, 1.82) is 0 Å². The number of Topliss-reactive ketones (excluding diaryl/α,β-unsaturated/α-hetero) is 1. The predicted molar refractivity (Wildman–Crippen MR) is 111 cm³/mol. The molecule has 0 saturated heterocycles. The van der Waals surface area contributed by atoms with Crippen molar-refractivity contribution >= 4 is 39.0 Å². The number of nitrogens with one attached hydrogen (secondary N) is 1. The number of amides is 1. The zero-order valence-electron chi connectivity index (χ0n) is 15.3. The molecule has 0 radical (unpaired) electrons. The maximum atomic E-state index is 13.1. The molecule has 5 nitrogen and oxygen atoms in total. The lowest BCUT2D eigenvalue weighted by Gasteiger charge is -2.34. The number of hydrogen-bond acceptors (Lipinski definition) is 5. The van der Waals surface area contributed by atoms with Crippen molar-refractivity contribution in [2.45, 2.75) is 38.0 Å². The SMILES string of the molecule is CCOc1cc([C@@H]2CC(=O)NC3=C2C(=O)C[C@H](c2cccs2)C3)cc(Br)c1O. The molecule has 0 saturated carbocycles. The van der Waals surface area contributed by atoms with Crippen LogP contribution in [-0.2, 0) is 9.59 Å². The Labute approximate surface area is 175 Å². The molecule has 28 heavy (non-hydrogen) atoms. The molecule has 146 valence electrons. The van der Waals surface area contributed by atoms with E-state index in [0.717, 1.165) is 11.3 Å². The highest BCUT2D eigenvalue weighted by Gasteiger charge is 2.38. The lowest BCUT2D eigenvalue weighted by Crippen LogP contribution is -2.38. The van der Waals surface area contributed by atoms with Crippen LogP contribution in [0.2, 0.25) is 0 Å². The molecule has 2 heterocycles. The van der Waals surface area contributed by atoms with Crippen molar-refractivity contribution < 1.29 is 19.4 Å². The third kappa shape index (κ3) is 3.49. The van der Waals surface area contributed by atoms with Gasteiger partial charge >= 0.3 is 0 Å². The Bertz CT molecular complexity index is 967. The number of carbonyl (C=O) groups excluding carboxylic acids is 2. The van der Waals surface area contributed by atoms with E-state index in [2.05, 4.69) is 21.2 Å². The summed E-state index contributed by atoms with van der Waals surface area (Å²) < 4.78 is 6.01. The van der Waals surface area contributed by atoms with Crippen molar-refractivity contribution in [2.75, 3.05) is 6.61 Å². The first-order chi connectivity index (χ1) is 13.5. The summed E-state index contributed by atoms with van der Waals surface area (Å²) in [6, 6.07) is 7.53. The maximum absolute atomic E-state index is 13.1. The van der Waals surface area contributed by atoms with Crippen molar-refractivity contribution in [2.24, 2.45) is 0 Å². The average Bonchev–Trinajstić information content (AvgIpc) is 3.19. The van der Waals surface area contributed by atoms with E-state index < -0.39 is 0 Å². The molecule has 2 aliphatic rings. The Morgan fingerprint density at radius 2 is 2.11 bits per heavy atom. The molecule has 7 heteroatoms. The molecule has 2 atom stereocenters. The lowest BCUT2D eigenvalue weighted by atomic mass is 9.74.